The zero-order chi connectivity index (χ0) is 13.7. The summed E-state index contributed by atoms with van der Waals surface area (Å²) < 4.78 is 5.04. The highest BCUT2D eigenvalue weighted by Gasteiger charge is 2.29. The molecule has 0 aromatic carbocycles. The van der Waals surface area contributed by atoms with Crippen LogP contribution in [0.4, 0.5) is 5.13 Å². The van der Waals surface area contributed by atoms with E-state index in [2.05, 4.69) is 4.98 Å². The Labute approximate surface area is 109 Å². The molecule has 0 bridgehead atoms. The Morgan fingerprint density at radius 3 is 2.72 bits per heavy atom. The average molecular weight is 272 g/mol. The molecule has 0 saturated heterocycles. The highest BCUT2D eigenvalue weighted by Crippen LogP contribution is 2.20. The third kappa shape index (κ3) is 3.99. The van der Waals surface area contributed by atoms with Crippen LogP contribution in [0.3, 0.4) is 0 Å². The average Bonchev–Trinajstić information content (AvgIpc) is 2.71. The van der Waals surface area contributed by atoms with Gasteiger partial charge in [0.05, 0.1) is 6.10 Å². The van der Waals surface area contributed by atoms with E-state index in [1.54, 1.807) is 6.92 Å². The Bertz CT molecular complexity index is 432. The van der Waals surface area contributed by atoms with Crippen molar-refractivity contribution in [3.8, 4) is 0 Å². The molecule has 0 aliphatic heterocycles. The molecule has 0 spiro atoms. The second kappa shape index (κ2) is 6.34. The number of carboxylic acids is 1. The van der Waals surface area contributed by atoms with Gasteiger partial charge in [0.2, 0.25) is 0 Å². The summed E-state index contributed by atoms with van der Waals surface area (Å²) in [7, 11) is 0. The van der Waals surface area contributed by atoms with E-state index in [1.165, 1.54) is 17.5 Å². The van der Waals surface area contributed by atoms with E-state index in [1.807, 2.05) is 6.92 Å². The lowest BCUT2D eigenvalue weighted by Gasteiger charge is -2.15. The number of rotatable bonds is 6. The number of aliphatic carboxylic acids is 1. The molecule has 2 atom stereocenters. The summed E-state index contributed by atoms with van der Waals surface area (Å²) in [6.07, 6.45) is 1.89. The largest absolute Gasteiger partial charge is 0.481 e. The van der Waals surface area contributed by atoms with Crippen LogP contribution in [0.1, 0.15) is 25.1 Å². The van der Waals surface area contributed by atoms with E-state index < -0.39 is 17.9 Å². The van der Waals surface area contributed by atoms with Gasteiger partial charge in [0.15, 0.2) is 11.0 Å². The number of aromatic nitrogens is 1. The molecule has 1 aromatic heterocycles. The zero-order valence-electron chi connectivity index (χ0n) is 10.3. The van der Waals surface area contributed by atoms with Crippen molar-refractivity contribution in [2.75, 3.05) is 5.73 Å². The van der Waals surface area contributed by atoms with Gasteiger partial charge in [-0.3, -0.25) is 9.59 Å². The molecule has 7 heteroatoms. The number of esters is 1. The molecule has 3 N–H and O–H groups in total. The lowest BCUT2D eigenvalue weighted by Crippen LogP contribution is -2.30. The third-order valence-corrected chi connectivity index (χ3v) is 3.30. The number of thiazole rings is 1. The van der Waals surface area contributed by atoms with E-state index >= 15 is 0 Å². The second-order valence-corrected chi connectivity index (χ2v) is 5.06. The van der Waals surface area contributed by atoms with Gasteiger partial charge in [0.25, 0.3) is 0 Å². The summed E-state index contributed by atoms with van der Waals surface area (Å²) >= 11 is 1.17. The number of carbonyl (C=O) groups is 2. The molecular formula is C11H16N2O4S. The van der Waals surface area contributed by atoms with Crippen LogP contribution in [0.25, 0.3) is 0 Å². The van der Waals surface area contributed by atoms with Crippen LogP contribution in [-0.4, -0.2) is 28.1 Å². The molecule has 18 heavy (non-hydrogen) atoms. The molecule has 1 heterocycles. The zero-order valence-corrected chi connectivity index (χ0v) is 11.1. The van der Waals surface area contributed by atoms with E-state index in [9.17, 15) is 9.59 Å². The fourth-order valence-electron chi connectivity index (χ4n) is 1.25. The summed E-state index contributed by atoms with van der Waals surface area (Å²) in [5.41, 5.74) is 5.45. The number of nitrogens with zero attached hydrogens (tertiary/aromatic N) is 1. The maximum absolute atomic E-state index is 11.7. The van der Waals surface area contributed by atoms with Crippen molar-refractivity contribution in [2.24, 2.45) is 5.92 Å². The van der Waals surface area contributed by atoms with Gasteiger partial charge < -0.3 is 15.6 Å². The number of carbonyl (C=O) groups excluding carboxylic acids is 1. The molecule has 0 fully saturated rings. The smallest absolute Gasteiger partial charge is 0.320 e. The van der Waals surface area contributed by atoms with Crippen molar-refractivity contribution in [2.45, 2.75) is 32.8 Å². The van der Waals surface area contributed by atoms with Gasteiger partial charge in [-0.1, -0.05) is 6.92 Å². The number of nitrogens with two attached hydrogens (primary N) is 1. The molecule has 6 nitrogen and oxygen atoms in total. The minimum atomic E-state index is -1.21. The van der Waals surface area contributed by atoms with Gasteiger partial charge in [0.1, 0.15) is 0 Å². The Hall–Kier alpha value is -1.63. The number of ether oxygens (including phenoxy) is 1. The SMILES string of the molecule is CCC(C)OC(=O)C(Cc1cnc(N)s1)C(=O)O. The van der Waals surface area contributed by atoms with E-state index in [-0.39, 0.29) is 12.5 Å². The standard InChI is InChI=1S/C11H16N2O4S/c1-3-6(2)17-10(16)8(9(14)15)4-7-5-13-11(12)18-7/h5-6,8H,3-4H2,1-2H3,(H2,12,13)(H,14,15). The topological polar surface area (TPSA) is 103 Å². The van der Waals surface area contributed by atoms with Crippen molar-refractivity contribution < 1.29 is 19.4 Å². The van der Waals surface area contributed by atoms with Crippen molar-refractivity contribution in [3.05, 3.63) is 11.1 Å². The Kier molecular flexibility index (Phi) is 5.08. The molecule has 2 unspecified atom stereocenters. The third-order valence-electron chi connectivity index (χ3n) is 2.45. The Balaban J connectivity index is 2.71. The molecule has 1 aromatic rings. The first-order valence-corrected chi connectivity index (χ1v) is 6.39. The normalized spacial score (nSPS) is 13.9. The molecule has 1 rings (SSSR count). The molecular weight excluding hydrogens is 256 g/mol. The summed E-state index contributed by atoms with van der Waals surface area (Å²) in [6.45, 7) is 3.58. The summed E-state index contributed by atoms with van der Waals surface area (Å²) in [4.78, 5) is 27.3. The number of hydrogen-bond donors (Lipinski definition) is 2. The van der Waals surface area contributed by atoms with Gasteiger partial charge >= 0.3 is 11.9 Å². The van der Waals surface area contributed by atoms with Crippen LogP contribution in [0.15, 0.2) is 6.20 Å². The first kappa shape index (κ1) is 14.4. The van der Waals surface area contributed by atoms with E-state index in [0.29, 0.717) is 16.4 Å². The van der Waals surface area contributed by atoms with Crippen molar-refractivity contribution in [1.29, 1.82) is 0 Å². The molecule has 0 aliphatic rings. The highest BCUT2D eigenvalue weighted by molar-refractivity contribution is 7.15. The number of nitrogen functional groups attached to an aromatic ring is 1. The van der Waals surface area contributed by atoms with Gasteiger partial charge in [-0.15, -0.1) is 11.3 Å². The van der Waals surface area contributed by atoms with Gasteiger partial charge in [-0.2, -0.15) is 0 Å². The maximum Gasteiger partial charge on any atom is 0.320 e. The fraction of sp³-hybridized carbons (Fsp3) is 0.545. The van der Waals surface area contributed by atoms with Crippen LogP contribution in [0.2, 0.25) is 0 Å². The van der Waals surface area contributed by atoms with Crippen molar-refractivity contribution in [1.82, 2.24) is 4.98 Å². The van der Waals surface area contributed by atoms with Gasteiger partial charge in [-0.05, 0) is 13.3 Å². The Morgan fingerprint density at radius 2 is 2.28 bits per heavy atom. The molecule has 100 valence electrons. The molecule has 0 radical (unpaired) electrons. The summed E-state index contributed by atoms with van der Waals surface area (Å²) in [5, 5.41) is 9.40. The quantitative estimate of drug-likeness (QED) is 0.598. The fourth-order valence-corrected chi connectivity index (χ4v) is 1.98. The predicted molar refractivity (Wildman–Crippen MR) is 67.2 cm³/mol. The van der Waals surface area contributed by atoms with E-state index in [0.717, 1.165) is 0 Å². The molecule has 0 aliphatic carbocycles. The number of carboxylic acid groups (broad SMARTS) is 1. The van der Waals surface area contributed by atoms with Crippen LogP contribution in [0, 0.1) is 5.92 Å². The van der Waals surface area contributed by atoms with Crippen molar-refractivity contribution in [3.63, 3.8) is 0 Å². The maximum atomic E-state index is 11.7. The van der Waals surface area contributed by atoms with Crippen LogP contribution >= 0.6 is 11.3 Å². The van der Waals surface area contributed by atoms with Gasteiger partial charge in [-0.25, -0.2) is 4.98 Å². The van der Waals surface area contributed by atoms with Crippen molar-refractivity contribution >= 4 is 28.4 Å². The minimum Gasteiger partial charge on any atom is -0.481 e. The molecule has 0 amide bonds. The van der Waals surface area contributed by atoms with E-state index in [4.69, 9.17) is 15.6 Å². The summed E-state index contributed by atoms with van der Waals surface area (Å²) in [6, 6.07) is 0. The predicted octanol–water partition coefficient (Wildman–Crippen LogP) is 1.31. The number of anilines is 1. The minimum absolute atomic E-state index is 0.0550. The molecule has 0 saturated carbocycles. The second-order valence-electron chi connectivity index (χ2n) is 3.92. The monoisotopic (exact) mass is 272 g/mol. The first-order chi connectivity index (χ1) is 8.43. The van der Waals surface area contributed by atoms with Crippen LogP contribution in [0.5, 0.6) is 0 Å². The van der Waals surface area contributed by atoms with Crippen LogP contribution in [-0.2, 0) is 20.7 Å². The Morgan fingerprint density at radius 1 is 1.61 bits per heavy atom. The number of hydrogen-bond acceptors (Lipinski definition) is 6. The lowest BCUT2D eigenvalue weighted by molar-refractivity contribution is -0.161. The van der Waals surface area contributed by atoms with Gasteiger partial charge in [0, 0.05) is 17.5 Å². The van der Waals surface area contributed by atoms with Crippen LogP contribution < -0.4 is 5.73 Å². The lowest BCUT2D eigenvalue weighted by atomic mass is 10.1. The first-order valence-electron chi connectivity index (χ1n) is 5.57. The summed E-state index contributed by atoms with van der Waals surface area (Å²) in [5.74, 6) is -3.13. The highest BCUT2D eigenvalue weighted by atomic mass is 32.1.